The molecule has 6 aliphatic rings. The maximum absolute atomic E-state index is 14.0. The van der Waals surface area contributed by atoms with Gasteiger partial charge in [0.1, 0.15) is 17.6 Å². The molecule has 0 aromatic heterocycles. The zero-order chi connectivity index (χ0) is 24.0. The zero-order valence-electron chi connectivity index (χ0n) is 20.0. The number of aliphatic hydroxyl groups is 3. The molecule has 4 bridgehead atoms. The molecule has 9 atom stereocenters. The Kier molecular flexibility index (Phi) is 5.23. The van der Waals surface area contributed by atoms with E-state index in [1.54, 1.807) is 0 Å². The predicted molar refractivity (Wildman–Crippen MR) is 119 cm³/mol. The summed E-state index contributed by atoms with van der Waals surface area (Å²) in [6, 6.07) is 0. The molecule has 4 saturated carbocycles. The quantitative estimate of drug-likeness (QED) is 0.327. The van der Waals surface area contributed by atoms with Crippen LogP contribution in [0.2, 0.25) is 0 Å². The maximum atomic E-state index is 14.0. The van der Waals surface area contributed by atoms with Gasteiger partial charge in [0.2, 0.25) is 5.79 Å². The number of esters is 1. The number of aliphatic hydroxyl groups excluding tert-OH is 2. The minimum atomic E-state index is -2.19. The van der Waals surface area contributed by atoms with Crippen molar-refractivity contribution >= 4 is 11.8 Å². The highest BCUT2D eigenvalue weighted by molar-refractivity contribution is 6.05. The third-order valence-corrected chi connectivity index (χ3v) is 10.1. The van der Waals surface area contributed by atoms with Gasteiger partial charge in [0.15, 0.2) is 5.78 Å². The van der Waals surface area contributed by atoms with Crippen LogP contribution in [-0.2, 0) is 19.1 Å². The fraction of sp³-hybridized carbons (Fsp3) is 0.846. The number of fused-ring (bicyclic) bond motifs is 2. The first-order valence-corrected chi connectivity index (χ1v) is 12.7. The summed E-state index contributed by atoms with van der Waals surface area (Å²) in [5.74, 6) is -4.30. The molecule has 2 saturated heterocycles. The zero-order valence-corrected chi connectivity index (χ0v) is 20.0. The van der Waals surface area contributed by atoms with Crippen LogP contribution < -0.4 is 0 Å². The molecule has 2 aliphatic heterocycles. The Hall–Kier alpha value is -1.28. The van der Waals surface area contributed by atoms with Gasteiger partial charge in [-0.25, -0.2) is 0 Å². The van der Waals surface area contributed by atoms with Crippen molar-refractivity contribution in [2.75, 3.05) is 6.61 Å². The van der Waals surface area contributed by atoms with Crippen molar-refractivity contribution in [1.82, 2.24) is 0 Å². The van der Waals surface area contributed by atoms with Gasteiger partial charge in [-0.1, -0.05) is 40.2 Å². The Morgan fingerprint density at radius 1 is 1.21 bits per heavy atom. The normalized spacial score (nSPS) is 49.5. The summed E-state index contributed by atoms with van der Waals surface area (Å²) in [5.41, 5.74) is -2.57. The van der Waals surface area contributed by atoms with E-state index in [1.807, 2.05) is 0 Å². The van der Waals surface area contributed by atoms with Crippen molar-refractivity contribution < 1.29 is 34.4 Å². The van der Waals surface area contributed by atoms with Gasteiger partial charge in [-0.05, 0) is 49.0 Å². The first kappa shape index (κ1) is 23.5. The van der Waals surface area contributed by atoms with E-state index in [4.69, 9.17) is 9.47 Å². The van der Waals surface area contributed by atoms with Crippen molar-refractivity contribution in [3.05, 3.63) is 12.2 Å². The van der Waals surface area contributed by atoms with Crippen molar-refractivity contribution in [1.29, 1.82) is 0 Å². The van der Waals surface area contributed by atoms with E-state index >= 15 is 0 Å². The predicted octanol–water partition coefficient (Wildman–Crippen LogP) is 2.51. The van der Waals surface area contributed by atoms with Gasteiger partial charge in [-0.15, -0.1) is 0 Å². The summed E-state index contributed by atoms with van der Waals surface area (Å²) in [6.07, 6.45) is 2.11. The minimum absolute atomic E-state index is 0.0732. The van der Waals surface area contributed by atoms with Crippen molar-refractivity contribution in [2.24, 2.45) is 34.0 Å². The highest BCUT2D eigenvalue weighted by Crippen LogP contribution is 2.76. The molecule has 0 aromatic carbocycles. The van der Waals surface area contributed by atoms with E-state index in [2.05, 4.69) is 27.4 Å². The number of hydrogen-bond donors (Lipinski definition) is 3. The van der Waals surface area contributed by atoms with Crippen molar-refractivity contribution in [3.63, 3.8) is 0 Å². The number of rotatable bonds is 5. The van der Waals surface area contributed by atoms with Gasteiger partial charge in [-0.2, -0.15) is 0 Å². The Bertz CT molecular complexity index is 882. The SMILES string of the molecule is C=C1C(=O)[C@]23[C@H](OC(=O)CCCCC)[C@H]1CC[C@H]2[C@@]12CO[C@]3(O)[C@@H](O)[C@@H]1C(C)(C)CC[C@@H]2O. The van der Waals surface area contributed by atoms with E-state index in [9.17, 15) is 24.9 Å². The molecule has 6 rings (SSSR count). The summed E-state index contributed by atoms with van der Waals surface area (Å²) in [7, 11) is 0. The second-order valence-corrected chi connectivity index (χ2v) is 11.9. The molecule has 0 radical (unpaired) electrons. The lowest BCUT2D eigenvalue weighted by molar-refractivity contribution is -0.458. The lowest BCUT2D eigenvalue weighted by atomic mass is 9.35. The van der Waals surface area contributed by atoms with E-state index in [0.717, 1.165) is 12.8 Å². The van der Waals surface area contributed by atoms with Gasteiger partial charge in [-0.3, -0.25) is 9.59 Å². The second kappa shape index (κ2) is 7.36. The van der Waals surface area contributed by atoms with Gasteiger partial charge in [0.25, 0.3) is 0 Å². The van der Waals surface area contributed by atoms with Crippen LogP contribution >= 0.6 is 0 Å². The Morgan fingerprint density at radius 2 is 1.94 bits per heavy atom. The summed E-state index contributed by atoms with van der Waals surface area (Å²) >= 11 is 0. The number of carbonyl (C=O) groups is 2. The number of unbranched alkanes of at least 4 members (excludes halogenated alkanes) is 2. The molecule has 3 N–H and O–H groups in total. The van der Waals surface area contributed by atoms with Crippen LogP contribution in [0.3, 0.4) is 0 Å². The van der Waals surface area contributed by atoms with Crippen molar-refractivity contribution in [3.8, 4) is 0 Å². The molecule has 33 heavy (non-hydrogen) atoms. The minimum Gasteiger partial charge on any atom is -0.460 e. The fourth-order valence-corrected chi connectivity index (χ4v) is 8.76. The van der Waals surface area contributed by atoms with Gasteiger partial charge >= 0.3 is 5.97 Å². The summed E-state index contributed by atoms with van der Waals surface area (Å²) in [5, 5.41) is 35.2. The van der Waals surface area contributed by atoms with Crippen LogP contribution in [0.15, 0.2) is 12.2 Å². The smallest absolute Gasteiger partial charge is 0.306 e. The standard InChI is InChI=1S/C26H38O7/c1-5-6-7-8-18(28)33-22-15-9-10-16-24-13-32-26(31,25(16,22)20(29)14(15)2)21(30)19(24)23(3,4)12-11-17(24)27/h15-17,19,21-22,27,30-31H,2,5-13H2,1,3-4H3/t15-,16-,17-,19+,21-,22+,24+,25-,26+/m0/s1. The first-order chi connectivity index (χ1) is 15.5. The van der Waals surface area contributed by atoms with Crippen LogP contribution in [0.25, 0.3) is 0 Å². The first-order valence-electron chi connectivity index (χ1n) is 12.7. The molecule has 2 heterocycles. The van der Waals surface area contributed by atoms with Gasteiger partial charge in [0, 0.05) is 23.7 Å². The molecule has 184 valence electrons. The molecule has 0 amide bonds. The number of ether oxygens (including phenoxy) is 2. The van der Waals surface area contributed by atoms with E-state index in [0.29, 0.717) is 37.7 Å². The molecular formula is C26H38O7. The summed E-state index contributed by atoms with van der Waals surface area (Å²) in [4.78, 5) is 26.8. The Labute approximate surface area is 195 Å². The molecular weight excluding hydrogens is 424 g/mol. The van der Waals surface area contributed by atoms with E-state index < -0.39 is 58.7 Å². The molecule has 7 heteroatoms. The molecule has 6 fully saturated rings. The van der Waals surface area contributed by atoms with Crippen LogP contribution in [0, 0.1) is 34.0 Å². The number of hydrogen-bond acceptors (Lipinski definition) is 7. The number of carbonyl (C=O) groups excluding carboxylic acids is 2. The Morgan fingerprint density at radius 3 is 2.64 bits per heavy atom. The average molecular weight is 463 g/mol. The summed E-state index contributed by atoms with van der Waals surface area (Å²) < 4.78 is 12.0. The van der Waals surface area contributed by atoms with Gasteiger partial charge in [0.05, 0.1) is 12.7 Å². The monoisotopic (exact) mass is 462 g/mol. The fourth-order valence-electron chi connectivity index (χ4n) is 8.76. The van der Waals surface area contributed by atoms with Crippen LogP contribution in [0.4, 0.5) is 0 Å². The molecule has 4 aliphatic carbocycles. The lowest BCUT2D eigenvalue weighted by Gasteiger charge is -2.74. The molecule has 2 spiro atoms. The topological polar surface area (TPSA) is 113 Å². The maximum Gasteiger partial charge on any atom is 0.306 e. The van der Waals surface area contributed by atoms with Crippen molar-refractivity contribution in [2.45, 2.75) is 96.2 Å². The highest BCUT2D eigenvalue weighted by atomic mass is 16.6. The largest absolute Gasteiger partial charge is 0.460 e. The summed E-state index contributed by atoms with van der Waals surface area (Å²) in [6.45, 7) is 10.3. The van der Waals surface area contributed by atoms with Crippen LogP contribution in [0.5, 0.6) is 0 Å². The third kappa shape index (κ3) is 2.60. The average Bonchev–Trinajstić information content (AvgIpc) is 2.87. The van der Waals surface area contributed by atoms with E-state index in [-0.39, 0.29) is 24.2 Å². The molecule has 0 aromatic rings. The highest BCUT2D eigenvalue weighted by Gasteiger charge is 2.87. The third-order valence-electron chi connectivity index (χ3n) is 10.1. The second-order valence-electron chi connectivity index (χ2n) is 11.9. The van der Waals surface area contributed by atoms with Crippen LogP contribution in [0.1, 0.15) is 72.1 Å². The molecule has 0 unspecified atom stereocenters. The van der Waals surface area contributed by atoms with Crippen LogP contribution in [-0.4, -0.2) is 57.8 Å². The lowest BCUT2D eigenvalue weighted by Crippen LogP contribution is -2.85. The number of ketones is 1. The number of Topliss-reactive ketones (excluding diaryl/α,β-unsaturated/α-hetero) is 1. The Balaban J connectivity index is 1.64. The molecule has 7 nitrogen and oxygen atoms in total. The van der Waals surface area contributed by atoms with E-state index in [1.165, 1.54) is 0 Å². The van der Waals surface area contributed by atoms with Gasteiger partial charge < -0.3 is 24.8 Å².